The quantitative estimate of drug-likeness (QED) is 0.929. The monoisotopic (exact) mass is 267 g/mol. The molecule has 0 aliphatic carbocycles. The molecule has 0 bridgehead atoms. The minimum atomic E-state index is -4.35. The van der Waals surface area contributed by atoms with Gasteiger partial charge in [-0.1, -0.05) is 12.1 Å². The third-order valence-corrected chi connectivity index (χ3v) is 2.74. The fourth-order valence-electron chi connectivity index (χ4n) is 1.85. The van der Waals surface area contributed by atoms with Crippen molar-refractivity contribution < 1.29 is 13.2 Å². The molecule has 1 unspecified atom stereocenters. The Bertz CT molecular complexity index is 540. The fraction of sp³-hybridized carbons (Fsp3) is 0.231. The fourth-order valence-corrected chi connectivity index (χ4v) is 1.85. The van der Waals surface area contributed by atoms with Gasteiger partial charge in [0.25, 0.3) is 0 Å². The molecule has 6 heteroatoms. The van der Waals surface area contributed by atoms with E-state index in [4.69, 9.17) is 0 Å². The van der Waals surface area contributed by atoms with Gasteiger partial charge in [0, 0.05) is 6.20 Å². The van der Waals surface area contributed by atoms with Crippen molar-refractivity contribution in [3.05, 3.63) is 59.7 Å². The minimum absolute atomic E-state index is 0.398. The molecule has 3 nitrogen and oxygen atoms in total. The van der Waals surface area contributed by atoms with Crippen LogP contribution in [0.4, 0.5) is 13.2 Å². The number of hydrogen-bond acceptors (Lipinski definition) is 3. The number of nitrogens with zero attached hydrogens (tertiary/aromatic N) is 2. The zero-order valence-corrected chi connectivity index (χ0v) is 10.1. The highest BCUT2D eigenvalue weighted by Gasteiger charge is 2.31. The predicted molar refractivity (Wildman–Crippen MR) is 64.4 cm³/mol. The number of benzene rings is 1. The molecule has 1 heterocycles. The molecule has 1 aromatic heterocycles. The molecule has 1 atom stereocenters. The summed E-state index contributed by atoms with van der Waals surface area (Å²) in [6.45, 7) is 0. The highest BCUT2D eigenvalue weighted by molar-refractivity contribution is 5.32. The van der Waals surface area contributed by atoms with Crippen LogP contribution in [0.25, 0.3) is 0 Å². The van der Waals surface area contributed by atoms with E-state index in [1.165, 1.54) is 12.4 Å². The molecule has 0 aliphatic heterocycles. The van der Waals surface area contributed by atoms with Crippen LogP contribution in [0, 0.1) is 0 Å². The van der Waals surface area contributed by atoms with Crippen molar-refractivity contribution >= 4 is 0 Å². The van der Waals surface area contributed by atoms with Crippen LogP contribution < -0.4 is 5.32 Å². The standard InChI is InChI=1S/C13H12F3N3/c1-17-12(11-5-6-18-8-19-11)9-3-2-4-10(7-9)13(14,15)16/h2-8,12,17H,1H3. The number of halogens is 3. The molecule has 0 radical (unpaired) electrons. The van der Waals surface area contributed by atoms with Gasteiger partial charge >= 0.3 is 6.18 Å². The first-order valence-electron chi connectivity index (χ1n) is 5.62. The maximum absolute atomic E-state index is 12.7. The maximum Gasteiger partial charge on any atom is 0.416 e. The van der Waals surface area contributed by atoms with Gasteiger partial charge in [-0.3, -0.25) is 0 Å². The Kier molecular flexibility index (Phi) is 3.80. The molecule has 2 aromatic rings. The van der Waals surface area contributed by atoms with Gasteiger partial charge in [-0.15, -0.1) is 0 Å². The van der Waals surface area contributed by atoms with Crippen molar-refractivity contribution in [3.63, 3.8) is 0 Å². The highest BCUT2D eigenvalue weighted by Crippen LogP contribution is 2.31. The van der Waals surface area contributed by atoms with Crippen molar-refractivity contribution in [2.45, 2.75) is 12.2 Å². The highest BCUT2D eigenvalue weighted by atomic mass is 19.4. The van der Waals surface area contributed by atoms with E-state index in [1.54, 1.807) is 25.4 Å². The van der Waals surface area contributed by atoms with Crippen LogP contribution in [0.1, 0.15) is 22.9 Å². The van der Waals surface area contributed by atoms with Crippen LogP contribution in [0.2, 0.25) is 0 Å². The molecule has 1 N–H and O–H groups in total. The second-order valence-corrected chi connectivity index (χ2v) is 3.98. The van der Waals surface area contributed by atoms with Gasteiger partial charge in [-0.2, -0.15) is 13.2 Å². The first-order valence-corrected chi connectivity index (χ1v) is 5.62. The van der Waals surface area contributed by atoms with Gasteiger partial charge < -0.3 is 5.32 Å². The van der Waals surface area contributed by atoms with Crippen LogP contribution >= 0.6 is 0 Å². The predicted octanol–water partition coefficient (Wildman–Crippen LogP) is 2.80. The van der Waals surface area contributed by atoms with Gasteiger partial charge in [-0.25, -0.2) is 9.97 Å². The first-order chi connectivity index (χ1) is 9.02. The SMILES string of the molecule is CNC(c1cccc(C(F)(F)F)c1)c1ccncn1. The van der Waals surface area contributed by atoms with Gasteiger partial charge in [0.15, 0.2) is 0 Å². The molecule has 1 aromatic carbocycles. The summed E-state index contributed by atoms with van der Waals surface area (Å²) in [7, 11) is 1.67. The Morgan fingerprint density at radius 2 is 2.00 bits per heavy atom. The summed E-state index contributed by atoms with van der Waals surface area (Å²) < 4.78 is 38.1. The average molecular weight is 267 g/mol. The molecule has 100 valence electrons. The molecule has 0 amide bonds. The third-order valence-electron chi connectivity index (χ3n) is 2.74. The molecular weight excluding hydrogens is 255 g/mol. The summed E-state index contributed by atoms with van der Waals surface area (Å²) in [5.74, 6) is 0. The molecule has 0 spiro atoms. The summed E-state index contributed by atoms with van der Waals surface area (Å²) in [5, 5.41) is 2.96. The van der Waals surface area contributed by atoms with Crippen LogP contribution in [0.5, 0.6) is 0 Å². The Balaban J connectivity index is 2.40. The van der Waals surface area contributed by atoms with Gasteiger partial charge in [-0.05, 0) is 30.8 Å². The van der Waals surface area contributed by atoms with Gasteiger partial charge in [0.2, 0.25) is 0 Å². The Morgan fingerprint density at radius 1 is 1.21 bits per heavy atom. The van der Waals surface area contributed by atoms with Crippen LogP contribution in [-0.2, 0) is 6.18 Å². The number of aromatic nitrogens is 2. The zero-order chi connectivity index (χ0) is 13.9. The second-order valence-electron chi connectivity index (χ2n) is 3.98. The minimum Gasteiger partial charge on any atom is -0.308 e. The lowest BCUT2D eigenvalue weighted by molar-refractivity contribution is -0.137. The van der Waals surface area contributed by atoms with Crippen molar-refractivity contribution in [2.24, 2.45) is 0 Å². The number of hydrogen-bond donors (Lipinski definition) is 1. The van der Waals surface area contributed by atoms with Crippen molar-refractivity contribution in [2.75, 3.05) is 7.05 Å². The smallest absolute Gasteiger partial charge is 0.308 e. The summed E-state index contributed by atoms with van der Waals surface area (Å²) >= 11 is 0. The Morgan fingerprint density at radius 3 is 2.58 bits per heavy atom. The lowest BCUT2D eigenvalue weighted by Crippen LogP contribution is -2.19. The van der Waals surface area contributed by atoms with Crippen molar-refractivity contribution in [1.29, 1.82) is 0 Å². The summed E-state index contributed by atoms with van der Waals surface area (Å²) in [6, 6.07) is 6.48. The van der Waals surface area contributed by atoms with E-state index in [0.29, 0.717) is 11.3 Å². The molecule has 2 rings (SSSR count). The summed E-state index contributed by atoms with van der Waals surface area (Å²) in [6.07, 6.45) is -1.42. The summed E-state index contributed by atoms with van der Waals surface area (Å²) in [4.78, 5) is 7.86. The average Bonchev–Trinajstić information content (AvgIpc) is 2.40. The normalized spacial score (nSPS) is 13.3. The zero-order valence-electron chi connectivity index (χ0n) is 10.1. The van der Waals surface area contributed by atoms with E-state index in [9.17, 15) is 13.2 Å². The first kappa shape index (κ1) is 13.5. The molecule has 19 heavy (non-hydrogen) atoms. The van der Waals surface area contributed by atoms with E-state index in [0.717, 1.165) is 12.1 Å². The molecule has 0 saturated heterocycles. The summed E-state index contributed by atoms with van der Waals surface area (Å²) in [5.41, 5.74) is 0.465. The van der Waals surface area contributed by atoms with E-state index < -0.39 is 17.8 Å². The lowest BCUT2D eigenvalue weighted by atomic mass is 10.0. The molecular formula is C13H12F3N3. The molecule has 0 saturated carbocycles. The number of rotatable bonds is 3. The van der Waals surface area contributed by atoms with Crippen LogP contribution in [0.15, 0.2) is 42.9 Å². The maximum atomic E-state index is 12.7. The number of alkyl halides is 3. The molecule has 0 aliphatic rings. The van der Waals surface area contributed by atoms with E-state index >= 15 is 0 Å². The Hall–Kier alpha value is -1.95. The largest absolute Gasteiger partial charge is 0.416 e. The van der Waals surface area contributed by atoms with E-state index in [1.807, 2.05) is 0 Å². The topological polar surface area (TPSA) is 37.8 Å². The molecule has 0 fully saturated rings. The van der Waals surface area contributed by atoms with Gasteiger partial charge in [0.1, 0.15) is 6.33 Å². The van der Waals surface area contributed by atoms with Crippen molar-refractivity contribution in [1.82, 2.24) is 15.3 Å². The lowest BCUT2D eigenvalue weighted by Gasteiger charge is -2.17. The van der Waals surface area contributed by atoms with E-state index in [-0.39, 0.29) is 0 Å². The van der Waals surface area contributed by atoms with E-state index in [2.05, 4.69) is 15.3 Å². The second kappa shape index (κ2) is 5.36. The Labute approximate surface area is 108 Å². The van der Waals surface area contributed by atoms with Crippen LogP contribution in [0.3, 0.4) is 0 Å². The van der Waals surface area contributed by atoms with Crippen LogP contribution in [-0.4, -0.2) is 17.0 Å². The van der Waals surface area contributed by atoms with Gasteiger partial charge in [0.05, 0.1) is 17.3 Å². The third kappa shape index (κ3) is 3.08. The van der Waals surface area contributed by atoms with Crippen molar-refractivity contribution in [3.8, 4) is 0 Å². The number of nitrogens with one attached hydrogen (secondary N) is 1.